The molecule has 88 valence electrons. The number of aliphatic hydroxyl groups excluding tert-OH is 1. The Labute approximate surface area is 95.8 Å². The van der Waals surface area contributed by atoms with Crippen molar-refractivity contribution in [2.24, 2.45) is 0 Å². The molecule has 1 rings (SSSR count). The van der Waals surface area contributed by atoms with Crippen LogP contribution in [-0.4, -0.2) is 65.5 Å². The number of hydrogen-bond donors (Lipinski definition) is 1. The maximum atomic E-state index is 11.6. The number of hydrogen-bond acceptors (Lipinski definition) is 3. The van der Waals surface area contributed by atoms with Gasteiger partial charge in [0.05, 0.1) is 6.61 Å². The Hall–Kier alpha value is -0.320. The summed E-state index contributed by atoms with van der Waals surface area (Å²) in [4.78, 5) is 15.6. The molecule has 1 atom stereocenters. The molecule has 1 amide bonds. The van der Waals surface area contributed by atoms with Crippen LogP contribution in [0.2, 0.25) is 0 Å². The van der Waals surface area contributed by atoms with Crippen LogP contribution in [0.1, 0.15) is 13.3 Å². The third-order valence-electron chi connectivity index (χ3n) is 2.66. The predicted octanol–water partition coefficient (Wildman–Crippen LogP) is 0.140. The summed E-state index contributed by atoms with van der Waals surface area (Å²) in [7, 11) is 0. The van der Waals surface area contributed by atoms with E-state index in [-0.39, 0.29) is 12.5 Å². The summed E-state index contributed by atoms with van der Waals surface area (Å²) in [5.41, 5.74) is 0. The molecule has 0 spiro atoms. The average Bonchev–Trinajstić information content (AvgIpc) is 2.43. The lowest BCUT2D eigenvalue weighted by Gasteiger charge is -2.22. The van der Waals surface area contributed by atoms with Gasteiger partial charge in [0.1, 0.15) is 5.38 Å². The van der Waals surface area contributed by atoms with Crippen molar-refractivity contribution in [3.8, 4) is 0 Å². The maximum absolute atomic E-state index is 11.6. The zero-order valence-electron chi connectivity index (χ0n) is 9.15. The van der Waals surface area contributed by atoms with Crippen LogP contribution in [0.4, 0.5) is 0 Å². The highest BCUT2D eigenvalue weighted by Gasteiger charge is 2.21. The Kier molecular flexibility index (Phi) is 5.36. The van der Waals surface area contributed by atoms with Crippen LogP contribution in [0.5, 0.6) is 0 Å². The number of rotatable bonds is 3. The SMILES string of the molecule is CC(Cl)C(=O)N1CCCN(CCO)CC1. The lowest BCUT2D eigenvalue weighted by atomic mass is 10.3. The highest BCUT2D eigenvalue weighted by Crippen LogP contribution is 2.07. The van der Waals surface area contributed by atoms with E-state index in [4.69, 9.17) is 16.7 Å². The first-order valence-electron chi connectivity index (χ1n) is 5.41. The second kappa shape index (κ2) is 6.30. The third kappa shape index (κ3) is 3.97. The number of carbonyl (C=O) groups is 1. The summed E-state index contributed by atoms with van der Waals surface area (Å²) in [5, 5.41) is 8.39. The van der Waals surface area contributed by atoms with E-state index in [2.05, 4.69) is 4.90 Å². The summed E-state index contributed by atoms with van der Waals surface area (Å²) in [6.07, 6.45) is 0.954. The molecule has 0 aromatic rings. The normalized spacial score (nSPS) is 21.1. The first kappa shape index (κ1) is 12.7. The summed E-state index contributed by atoms with van der Waals surface area (Å²) < 4.78 is 0. The molecule has 0 aromatic carbocycles. The van der Waals surface area contributed by atoms with Gasteiger partial charge in [0, 0.05) is 26.2 Å². The number of aliphatic hydroxyl groups is 1. The lowest BCUT2D eigenvalue weighted by molar-refractivity contribution is -0.130. The summed E-state index contributed by atoms with van der Waals surface area (Å²) in [6.45, 7) is 5.85. The minimum atomic E-state index is -0.436. The van der Waals surface area contributed by atoms with Crippen LogP contribution < -0.4 is 0 Å². The van der Waals surface area contributed by atoms with Crippen molar-refractivity contribution in [3.05, 3.63) is 0 Å². The molecule has 1 saturated heterocycles. The number of alkyl halides is 1. The zero-order chi connectivity index (χ0) is 11.3. The molecule has 0 aromatic heterocycles. The minimum Gasteiger partial charge on any atom is -0.395 e. The van der Waals surface area contributed by atoms with Crippen molar-refractivity contribution in [1.82, 2.24) is 9.80 Å². The molecule has 15 heavy (non-hydrogen) atoms. The largest absolute Gasteiger partial charge is 0.395 e. The van der Waals surface area contributed by atoms with Gasteiger partial charge in [0.15, 0.2) is 0 Å². The van der Waals surface area contributed by atoms with E-state index in [1.165, 1.54) is 0 Å². The van der Waals surface area contributed by atoms with E-state index in [1.807, 2.05) is 4.90 Å². The standard InChI is InChI=1S/C10H19ClN2O2/c1-9(11)10(15)13-4-2-3-12(5-6-13)7-8-14/h9,14H,2-8H2,1H3. The quantitative estimate of drug-likeness (QED) is 0.707. The topological polar surface area (TPSA) is 43.8 Å². The van der Waals surface area contributed by atoms with Crippen molar-refractivity contribution in [1.29, 1.82) is 0 Å². The van der Waals surface area contributed by atoms with Crippen molar-refractivity contribution < 1.29 is 9.90 Å². The van der Waals surface area contributed by atoms with Gasteiger partial charge < -0.3 is 10.0 Å². The molecule has 1 aliphatic heterocycles. The summed E-state index contributed by atoms with van der Waals surface area (Å²) >= 11 is 5.77. The number of β-amino-alcohol motifs (C(OH)–C–C–N with tert-alkyl or cyclic N) is 1. The fourth-order valence-electron chi connectivity index (χ4n) is 1.81. The van der Waals surface area contributed by atoms with Crippen LogP contribution in [0, 0.1) is 0 Å². The average molecular weight is 235 g/mol. The Morgan fingerprint density at radius 3 is 2.73 bits per heavy atom. The van der Waals surface area contributed by atoms with Crippen LogP contribution in [0.25, 0.3) is 0 Å². The van der Waals surface area contributed by atoms with E-state index in [1.54, 1.807) is 6.92 Å². The molecule has 0 saturated carbocycles. The maximum Gasteiger partial charge on any atom is 0.240 e. The zero-order valence-corrected chi connectivity index (χ0v) is 9.91. The van der Waals surface area contributed by atoms with E-state index in [0.717, 1.165) is 32.6 Å². The Morgan fingerprint density at radius 2 is 2.13 bits per heavy atom. The summed E-state index contributed by atoms with van der Waals surface area (Å²) in [6, 6.07) is 0. The number of halogens is 1. The fraction of sp³-hybridized carbons (Fsp3) is 0.900. The first-order chi connectivity index (χ1) is 7.15. The molecule has 0 bridgehead atoms. The fourth-order valence-corrected chi connectivity index (χ4v) is 1.95. The Morgan fingerprint density at radius 1 is 1.40 bits per heavy atom. The van der Waals surface area contributed by atoms with Crippen LogP contribution in [0.15, 0.2) is 0 Å². The molecule has 4 nitrogen and oxygen atoms in total. The van der Waals surface area contributed by atoms with Gasteiger partial charge in [-0.3, -0.25) is 9.69 Å². The molecular weight excluding hydrogens is 216 g/mol. The molecule has 0 radical (unpaired) electrons. The van der Waals surface area contributed by atoms with Crippen molar-refractivity contribution >= 4 is 17.5 Å². The van der Waals surface area contributed by atoms with E-state index >= 15 is 0 Å². The van der Waals surface area contributed by atoms with Gasteiger partial charge in [-0.2, -0.15) is 0 Å². The third-order valence-corrected chi connectivity index (χ3v) is 2.84. The van der Waals surface area contributed by atoms with Gasteiger partial charge in [-0.25, -0.2) is 0 Å². The predicted molar refractivity (Wildman–Crippen MR) is 60.0 cm³/mol. The number of nitrogens with zero attached hydrogens (tertiary/aromatic N) is 2. The smallest absolute Gasteiger partial charge is 0.240 e. The number of amides is 1. The molecule has 1 unspecified atom stereocenters. The molecule has 1 N–H and O–H groups in total. The van der Waals surface area contributed by atoms with Gasteiger partial charge in [-0.1, -0.05) is 0 Å². The highest BCUT2D eigenvalue weighted by molar-refractivity contribution is 6.30. The monoisotopic (exact) mass is 234 g/mol. The molecule has 0 aliphatic carbocycles. The van der Waals surface area contributed by atoms with Gasteiger partial charge in [-0.15, -0.1) is 11.6 Å². The Bertz CT molecular complexity index is 212. The second-order valence-corrected chi connectivity index (χ2v) is 4.51. The van der Waals surface area contributed by atoms with Crippen LogP contribution in [0.3, 0.4) is 0 Å². The molecule has 1 heterocycles. The number of carbonyl (C=O) groups excluding carboxylic acids is 1. The van der Waals surface area contributed by atoms with Gasteiger partial charge in [0.2, 0.25) is 5.91 Å². The lowest BCUT2D eigenvalue weighted by Crippen LogP contribution is -2.39. The van der Waals surface area contributed by atoms with E-state index in [0.29, 0.717) is 6.54 Å². The molecule has 1 aliphatic rings. The second-order valence-electron chi connectivity index (χ2n) is 3.86. The minimum absolute atomic E-state index is 0.0162. The molecular formula is C10H19ClN2O2. The van der Waals surface area contributed by atoms with E-state index in [9.17, 15) is 4.79 Å². The summed E-state index contributed by atoms with van der Waals surface area (Å²) in [5.74, 6) is 0.0162. The van der Waals surface area contributed by atoms with Gasteiger partial charge in [-0.05, 0) is 19.9 Å². The van der Waals surface area contributed by atoms with Crippen molar-refractivity contribution in [2.75, 3.05) is 39.3 Å². The molecule has 1 fully saturated rings. The van der Waals surface area contributed by atoms with Crippen LogP contribution >= 0.6 is 11.6 Å². The first-order valence-corrected chi connectivity index (χ1v) is 5.85. The van der Waals surface area contributed by atoms with E-state index < -0.39 is 5.38 Å². The van der Waals surface area contributed by atoms with Gasteiger partial charge in [0.25, 0.3) is 0 Å². The van der Waals surface area contributed by atoms with Crippen LogP contribution in [-0.2, 0) is 4.79 Å². The molecule has 5 heteroatoms. The van der Waals surface area contributed by atoms with Crippen molar-refractivity contribution in [2.45, 2.75) is 18.7 Å². The Balaban J connectivity index is 2.42. The van der Waals surface area contributed by atoms with Gasteiger partial charge >= 0.3 is 0 Å². The van der Waals surface area contributed by atoms with Crippen molar-refractivity contribution in [3.63, 3.8) is 0 Å². The highest BCUT2D eigenvalue weighted by atomic mass is 35.5.